The summed E-state index contributed by atoms with van der Waals surface area (Å²) in [5.41, 5.74) is 0. The summed E-state index contributed by atoms with van der Waals surface area (Å²) < 4.78 is 62.0. The number of sulfone groups is 1. The third kappa shape index (κ3) is 4.16. The molecular weight excluding hydrogens is 366 g/mol. The van der Waals surface area contributed by atoms with E-state index in [-0.39, 0.29) is 29.0 Å². The maximum atomic E-state index is 13.2. The molecule has 0 spiro atoms. The predicted molar refractivity (Wildman–Crippen MR) is 92.9 cm³/mol. The van der Waals surface area contributed by atoms with Crippen LogP contribution in [0.2, 0.25) is 0 Å². The molecule has 2 aliphatic heterocycles. The van der Waals surface area contributed by atoms with Gasteiger partial charge >= 0.3 is 0 Å². The summed E-state index contributed by atoms with van der Waals surface area (Å²) in [6.45, 7) is 0.804. The molecule has 0 unspecified atom stereocenters. The molecule has 3 rings (SSSR count). The van der Waals surface area contributed by atoms with Gasteiger partial charge < -0.3 is 9.47 Å². The van der Waals surface area contributed by atoms with Gasteiger partial charge in [-0.15, -0.1) is 0 Å². The number of sulfonamides is 1. The molecule has 2 fully saturated rings. The second-order valence-corrected chi connectivity index (χ2v) is 10.6. The van der Waals surface area contributed by atoms with Gasteiger partial charge in [0.25, 0.3) is 0 Å². The molecule has 2 aliphatic rings. The van der Waals surface area contributed by atoms with E-state index in [1.54, 1.807) is 12.1 Å². The average Bonchev–Trinajstić information content (AvgIpc) is 3.21. The van der Waals surface area contributed by atoms with E-state index in [0.717, 1.165) is 12.8 Å². The van der Waals surface area contributed by atoms with Crippen molar-refractivity contribution in [2.75, 3.05) is 31.8 Å². The van der Waals surface area contributed by atoms with Crippen molar-refractivity contribution in [1.82, 2.24) is 4.31 Å². The molecule has 0 aromatic heterocycles. The minimum absolute atomic E-state index is 0.0256. The van der Waals surface area contributed by atoms with E-state index < -0.39 is 25.9 Å². The highest BCUT2D eigenvalue weighted by molar-refractivity contribution is 7.92. The summed E-state index contributed by atoms with van der Waals surface area (Å²) in [6, 6.07) is 5.60. The normalized spacial score (nSPS) is 26.2. The number of nitrogens with zero attached hydrogens (tertiary/aromatic N) is 1. The Morgan fingerprint density at radius 2 is 1.96 bits per heavy atom. The lowest BCUT2D eigenvalue weighted by molar-refractivity contribution is 0.0877. The topological polar surface area (TPSA) is 90.0 Å². The van der Waals surface area contributed by atoms with Crippen molar-refractivity contribution in [3.05, 3.63) is 24.3 Å². The van der Waals surface area contributed by atoms with Crippen LogP contribution >= 0.6 is 0 Å². The summed E-state index contributed by atoms with van der Waals surface area (Å²) in [7, 11) is -5.50. The Labute approximate surface area is 148 Å². The number of rotatable bonds is 6. The first-order chi connectivity index (χ1) is 11.8. The summed E-state index contributed by atoms with van der Waals surface area (Å²) in [5, 5.41) is 0. The maximum Gasteiger partial charge on any atom is 0.243 e. The number of benzene rings is 1. The summed E-state index contributed by atoms with van der Waals surface area (Å²) in [5.74, 6) is 0.459. The van der Waals surface area contributed by atoms with E-state index in [1.807, 2.05) is 0 Å². The van der Waals surface area contributed by atoms with Crippen LogP contribution in [0.4, 0.5) is 0 Å². The second kappa shape index (κ2) is 7.22. The quantitative estimate of drug-likeness (QED) is 0.722. The van der Waals surface area contributed by atoms with Crippen LogP contribution in [0.3, 0.4) is 0 Å². The van der Waals surface area contributed by atoms with Gasteiger partial charge in [0, 0.05) is 19.2 Å². The SMILES string of the molecule is COc1ccc(S(=O)(=O)N(C[C@@H]2CCCO2)[C@@H]2CCS(=O)(=O)C2)cc1. The number of ether oxygens (including phenoxy) is 2. The highest BCUT2D eigenvalue weighted by Crippen LogP contribution is 2.28. The molecule has 1 aromatic carbocycles. The molecule has 0 saturated carbocycles. The molecule has 0 N–H and O–H groups in total. The third-order valence-electron chi connectivity index (χ3n) is 4.69. The van der Waals surface area contributed by atoms with Crippen LogP contribution in [0.5, 0.6) is 5.75 Å². The molecule has 1 aromatic rings. The van der Waals surface area contributed by atoms with Gasteiger partial charge in [-0.05, 0) is 43.5 Å². The first kappa shape index (κ1) is 18.6. The van der Waals surface area contributed by atoms with Crippen LogP contribution in [0.25, 0.3) is 0 Å². The largest absolute Gasteiger partial charge is 0.497 e. The molecule has 2 saturated heterocycles. The first-order valence-corrected chi connectivity index (χ1v) is 11.6. The van der Waals surface area contributed by atoms with Crippen LogP contribution in [-0.4, -0.2) is 65.1 Å². The highest BCUT2D eigenvalue weighted by Gasteiger charge is 2.40. The average molecular weight is 389 g/mol. The van der Waals surface area contributed by atoms with Crippen LogP contribution in [-0.2, 0) is 24.6 Å². The summed E-state index contributed by atoms with van der Waals surface area (Å²) in [6.07, 6.45) is 1.82. The van der Waals surface area contributed by atoms with E-state index >= 15 is 0 Å². The monoisotopic (exact) mass is 389 g/mol. The molecule has 2 atom stereocenters. The van der Waals surface area contributed by atoms with E-state index in [9.17, 15) is 16.8 Å². The zero-order valence-electron chi connectivity index (χ0n) is 14.1. The Bertz CT molecular complexity index is 798. The molecule has 0 radical (unpaired) electrons. The van der Waals surface area contributed by atoms with E-state index in [0.29, 0.717) is 18.8 Å². The zero-order valence-corrected chi connectivity index (χ0v) is 15.8. The van der Waals surface area contributed by atoms with Gasteiger partial charge in [-0.3, -0.25) is 0 Å². The van der Waals surface area contributed by atoms with Crippen molar-refractivity contribution < 1.29 is 26.3 Å². The second-order valence-electron chi connectivity index (χ2n) is 6.44. The highest BCUT2D eigenvalue weighted by atomic mass is 32.2. The minimum Gasteiger partial charge on any atom is -0.497 e. The Kier molecular flexibility index (Phi) is 5.38. The van der Waals surface area contributed by atoms with Gasteiger partial charge in [0.1, 0.15) is 5.75 Å². The molecule has 2 heterocycles. The Balaban J connectivity index is 1.90. The lowest BCUT2D eigenvalue weighted by Gasteiger charge is -2.29. The van der Waals surface area contributed by atoms with Crippen molar-refractivity contribution in [2.24, 2.45) is 0 Å². The van der Waals surface area contributed by atoms with Crippen molar-refractivity contribution in [2.45, 2.75) is 36.3 Å². The smallest absolute Gasteiger partial charge is 0.243 e. The molecule has 140 valence electrons. The first-order valence-electron chi connectivity index (χ1n) is 8.30. The lowest BCUT2D eigenvalue weighted by atomic mass is 10.2. The fourth-order valence-corrected chi connectivity index (χ4v) is 6.83. The van der Waals surface area contributed by atoms with Gasteiger partial charge in [-0.25, -0.2) is 16.8 Å². The van der Waals surface area contributed by atoms with Crippen molar-refractivity contribution >= 4 is 19.9 Å². The number of hydrogen-bond donors (Lipinski definition) is 0. The third-order valence-corrected chi connectivity index (χ3v) is 8.37. The van der Waals surface area contributed by atoms with Crippen molar-refractivity contribution in [3.8, 4) is 5.75 Å². The molecule has 0 bridgehead atoms. The zero-order chi connectivity index (χ0) is 18.1. The van der Waals surface area contributed by atoms with Crippen LogP contribution in [0.15, 0.2) is 29.2 Å². The van der Waals surface area contributed by atoms with E-state index in [1.165, 1.54) is 23.5 Å². The van der Waals surface area contributed by atoms with Crippen LogP contribution < -0.4 is 4.74 Å². The minimum atomic E-state index is -3.81. The fraction of sp³-hybridized carbons (Fsp3) is 0.625. The molecule has 7 nitrogen and oxygen atoms in total. The molecular formula is C16H23NO6S2. The Hall–Kier alpha value is -1.16. The van der Waals surface area contributed by atoms with Gasteiger partial charge in [0.2, 0.25) is 10.0 Å². The molecule has 9 heteroatoms. The van der Waals surface area contributed by atoms with E-state index in [4.69, 9.17) is 9.47 Å². The molecule has 0 aliphatic carbocycles. The standard InChI is InChI=1S/C16H23NO6S2/c1-22-14-4-6-16(7-5-14)25(20,21)17(11-15-3-2-9-23-15)13-8-10-24(18,19)12-13/h4-7,13,15H,2-3,8-12H2,1H3/t13-,15+/m1/s1. The van der Waals surface area contributed by atoms with Crippen molar-refractivity contribution in [3.63, 3.8) is 0 Å². The number of methoxy groups -OCH3 is 1. The van der Waals surface area contributed by atoms with E-state index in [2.05, 4.69) is 0 Å². The van der Waals surface area contributed by atoms with Crippen LogP contribution in [0.1, 0.15) is 19.3 Å². The maximum absolute atomic E-state index is 13.2. The predicted octanol–water partition coefficient (Wildman–Crippen LogP) is 1.05. The number of hydrogen-bond acceptors (Lipinski definition) is 6. The molecule has 0 amide bonds. The Morgan fingerprint density at radius 3 is 2.48 bits per heavy atom. The van der Waals surface area contributed by atoms with Crippen molar-refractivity contribution in [1.29, 1.82) is 0 Å². The fourth-order valence-electron chi connectivity index (χ4n) is 3.32. The lowest BCUT2D eigenvalue weighted by Crippen LogP contribution is -2.45. The summed E-state index contributed by atoms with van der Waals surface area (Å²) in [4.78, 5) is 0.135. The van der Waals surface area contributed by atoms with Crippen LogP contribution in [0, 0.1) is 0 Å². The molecule has 25 heavy (non-hydrogen) atoms. The van der Waals surface area contributed by atoms with Gasteiger partial charge in [0.05, 0.1) is 29.6 Å². The van der Waals surface area contributed by atoms with Gasteiger partial charge in [-0.1, -0.05) is 0 Å². The van der Waals surface area contributed by atoms with Gasteiger partial charge in [-0.2, -0.15) is 4.31 Å². The Morgan fingerprint density at radius 1 is 1.24 bits per heavy atom. The van der Waals surface area contributed by atoms with Gasteiger partial charge in [0.15, 0.2) is 9.84 Å². The summed E-state index contributed by atoms with van der Waals surface area (Å²) >= 11 is 0.